The molecule has 1 N–H and O–H groups in total. The zero-order valence-corrected chi connectivity index (χ0v) is 16.1. The third-order valence-electron chi connectivity index (χ3n) is 5.17. The molecule has 0 bridgehead atoms. The van der Waals surface area contributed by atoms with E-state index in [-0.39, 0.29) is 11.6 Å². The van der Waals surface area contributed by atoms with Crippen LogP contribution < -0.4 is 4.90 Å². The van der Waals surface area contributed by atoms with Crippen LogP contribution in [0.15, 0.2) is 24.3 Å². The van der Waals surface area contributed by atoms with Crippen LogP contribution in [0, 0.1) is 20.8 Å². The van der Waals surface area contributed by atoms with Gasteiger partial charge in [-0.3, -0.25) is 14.5 Å². The van der Waals surface area contributed by atoms with Crippen LogP contribution in [-0.2, 0) is 0 Å². The number of carbonyl (C=O) groups is 2. The molecule has 0 aliphatic carbocycles. The molecule has 1 aromatic heterocycles. The van der Waals surface area contributed by atoms with E-state index in [1.807, 2.05) is 13.8 Å². The molecule has 0 unspecified atom stereocenters. The van der Waals surface area contributed by atoms with Gasteiger partial charge in [0.25, 0.3) is 0 Å². The fourth-order valence-electron chi connectivity index (χ4n) is 3.83. The van der Waals surface area contributed by atoms with Gasteiger partial charge >= 0.3 is 0 Å². The van der Waals surface area contributed by atoms with E-state index in [0.29, 0.717) is 17.8 Å². The topological polar surface area (TPSA) is 56.4 Å². The molecule has 5 heteroatoms. The molecule has 1 saturated heterocycles. The monoisotopic (exact) mass is 353 g/mol. The number of benzene rings is 1. The number of ketones is 2. The Morgan fingerprint density at radius 3 is 2.35 bits per heavy atom. The number of H-pyrrole nitrogens is 1. The average Bonchev–Trinajstić information content (AvgIpc) is 2.90. The molecule has 0 atom stereocenters. The summed E-state index contributed by atoms with van der Waals surface area (Å²) in [6.45, 7) is 11.3. The van der Waals surface area contributed by atoms with E-state index < -0.39 is 0 Å². The van der Waals surface area contributed by atoms with Crippen molar-refractivity contribution in [2.45, 2.75) is 27.7 Å². The Hall–Kier alpha value is -2.40. The lowest BCUT2D eigenvalue weighted by molar-refractivity contribution is 0.0921. The van der Waals surface area contributed by atoms with Gasteiger partial charge in [-0.2, -0.15) is 0 Å². The lowest BCUT2D eigenvalue weighted by Gasteiger charge is -2.35. The Labute approximate surface area is 155 Å². The van der Waals surface area contributed by atoms with Crippen LogP contribution in [0.25, 0.3) is 0 Å². The van der Waals surface area contributed by atoms with Crippen LogP contribution in [0.3, 0.4) is 0 Å². The summed E-state index contributed by atoms with van der Waals surface area (Å²) in [5, 5.41) is 0. The lowest BCUT2D eigenvalue weighted by atomic mass is 10.1. The highest BCUT2D eigenvalue weighted by Gasteiger charge is 2.23. The van der Waals surface area contributed by atoms with Crippen LogP contribution >= 0.6 is 0 Å². The standard InChI is InChI=1S/C21H27N3O2/c1-14-6-5-7-18(12-14)24-10-8-23(9-11-24)13-19(26)21-15(2)20(17(4)25)16(3)22-21/h5-7,12,22H,8-11,13H2,1-4H3. The van der Waals surface area contributed by atoms with Crippen LogP contribution in [-0.4, -0.2) is 54.2 Å². The van der Waals surface area contributed by atoms with Crippen molar-refractivity contribution in [1.29, 1.82) is 0 Å². The smallest absolute Gasteiger partial charge is 0.193 e. The molecule has 2 aromatic rings. The van der Waals surface area contributed by atoms with Crippen LogP contribution in [0.5, 0.6) is 0 Å². The van der Waals surface area contributed by atoms with Gasteiger partial charge in [0, 0.05) is 43.1 Å². The largest absolute Gasteiger partial charge is 0.369 e. The quantitative estimate of drug-likeness (QED) is 0.839. The van der Waals surface area contributed by atoms with Gasteiger partial charge in [-0.15, -0.1) is 0 Å². The highest BCUT2D eigenvalue weighted by atomic mass is 16.1. The van der Waals surface area contributed by atoms with E-state index in [4.69, 9.17) is 0 Å². The van der Waals surface area contributed by atoms with E-state index in [1.165, 1.54) is 11.3 Å². The third-order valence-corrected chi connectivity index (χ3v) is 5.17. The van der Waals surface area contributed by atoms with Crippen LogP contribution in [0.2, 0.25) is 0 Å². The summed E-state index contributed by atoms with van der Waals surface area (Å²) in [5.41, 5.74) is 5.30. The number of anilines is 1. The van der Waals surface area contributed by atoms with Crippen molar-refractivity contribution in [1.82, 2.24) is 9.88 Å². The highest BCUT2D eigenvalue weighted by Crippen LogP contribution is 2.20. The number of hydrogen-bond donors (Lipinski definition) is 1. The number of rotatable bonds is 5. The van der Waals surface area contributed by atoms with Crippen molar-refractivity contribution in [3.63, 3.8) is 0 Å². The first-order valence-corrected chi connectivity index (χ1v) is 9.14. The number of nitrogens with one attached hydrogen (secondary N) is 1. The minimum atomic E-state index is 0.00192. The molecule has 138 valence electrons. The first-order valence-electron chi connectivity index (χ1n) is 9.14. The molecular formula is C21H27N3O2. The Morgan fingerprint density at radius 1 is 1.08 bits per heavy atom. The van der Waals surface area contributed by atoms with Gasteiger partial charge in [0.05, 0.1) is 12.2 Å². The summed E-state index contributed by atoms with van der Waals surface area (Å²) in [6.07, 6.45) is 0. The summed E-state index contributed by atoms with van der Waals surface area (Å²) in [4.78, 5) is 32.2. The van der Waals surface area contributed by atoms with Gasteiger partial charge < -0.3 is 9.88 Å². The number of piperazine rings is 1. The minimum absolute atomic E-state index is 0.00192. The number of aromatic amines is 1. The minimum Gasteiger partial charge on any atom is -0.369 e. The maximum Gasteiger partial charge on any atom is 0.193 e. The van der Waals surface area contributed by atoms with Gasteiger partial charge in [0.1, 0.15) is 0 Å². The number of nitrogens with zero attached hydrogens (tertiary/aromatic N) is 2. The maximum absolute atomic E-state index is 12.7. The predicted octanol–water partition coefficient (Wildman–Crippen LogP) is 3.15. The summed E-state index contributed by atoms with van der Waals surface area (Å²) in [7, 11) is 0. The van der Waals surface area contributed by atoms with Gasteiger partial charge in [0.15, 0.2) is 11.6 Å². The molecule has 26 heavy (non-hydrogen) atoms. The highest BCUT2D eigenvalue weighted by molar-refractivity contribution is 6.03. The Bertz CT molecular complexity index is 830. The summed E-state index contributed by atoms with van der Waals surface area (Å²) in [6, 6.07) is 8.54. The zero-order valence-electron chi connectivity index (χ0n) is 16.1. The summed E-state index contributed by atoms with van der Waals surface area (Å²) >= 11 is 0. The van der Waals surface area contributed by atoms with Gasteiger partial charge in [-0.05, 0) is 51.0 Å². The van der Waals surface area contributed by atoms with Crippen molar-refractivity contribution < 1.29 is 9.59 Å². The molecule has 3 rings (SSSR count). The second-order valence-electron chi connectivity index (χ2n) is 7.21. The van der Waals surface area contributed by atoms with Gasteiger partial charge in [-0.25, -0.2) is 0 Å². The van der Waals surface area contributed by atoms with Gasteiger partial charge in [0.2, 0.25) is 0 Å². The number of carbonyl (C=O) groups excluding carboxylic acids is 2. The molecular weight excluding hydrogens is 326 g/mol. The van der Waals surface area contributed by atoms with Crippen molar-refractivity contribution in [2.24, 2.45) is 0 Å². The van der Waals surface area contributed by atoms with E-state index >= 15 is 0 Å². The predicted molar refractivity (Wildman–Crippen MR) is 104 cm³/mol. The van der Waals surface area contributed by atoms with E-state index in [2.05, 4.69) is 46.0 Å². The number of Topliss-reactive ketones (excluding diaryl/α,β-unsaturated/α-hetero) is 2. The Balaban J connectivity index is 1.62. The number of hydrogen-bond acceptors (Lipinski definition) is 4. The number of aryl methyl sites for hydroxylation is 2. The van der Waals surface area contributed by atoms with E-state index in [1.54, 1.807) is 6.92 Å². The second kappa shape index (κ2) is 7.46. The maximum atomic E-state index is 12.7. The Morgan fingerprint density at radius 2 is 1.77 bits per heavy atom. The average molecular weight is 353 g/mol. The first-order chi connectivity index (χ1) is 12.4. The van der Waals surface area contributed by atoms with Gasteiger partial charge in [-0.1, -0.05) is 12.1 Å². The first kappa shape index (κ1) is 18.4. The van der Waals surface area contributed by atoms with E-state index in [9.17, 15) is 9.59 Å². The molecule has 0 radical (unpaired) electrons. The molecule has 1 aliphatic rings. The Kier molecular flexibility index (Phi) is 5.28. The molecule has 0 saturated carbocycles. The summed E-state index contributed by atoms with van der Waals surface area (Å²) < 4.78 is 0. The molecule has 1 aromatic carbocycles. The number of aromatic nitrogens is 1. The SMILES string of the molecule is CC(=O)c1c(C)[nH]c(C(=O)CN2CCN(c3cccc(C)c3)CC2)c1C. The van der Waals surface area contributed by atoms with Crippen LogP contribution in [0.4, 0.5) is 5.69 Å². The molecule has 0 spiro atoms. The molecule has 1 aliphatic heterocycles. The third kappa shape index (κ3) is 3.73. The molecule has 5 nitrogen and oxygen atoms in total. The summed E-state index contributed by atoms with van der Waals surface area (Å²) in [5.74, 6) is 0.0594. The fourth-order valence-corrected chi connectivity index (χ4v) is 3.83. The molecule has 2 heterocycles. The lowest BCUT2D eigenvalue weighted by Crippen LogP contribution is -2.48. The normalized spacial score (nSPS) is 15.3. The second-order valence-corrected chi connectivity index (χ2v) is 7.21. The van der Waals surface area contributed by atoms with Crippen molar-refractivity contribution in [3.05, 3.63) is 52.3 Å². The van der Waals surface area contributed by atoms with E-state index in [0.717, 1.165) is 37.4 Å². The van der Waals surface area contributed by atoms with Crippen molar-refractivity contribution in [2.75, 3.05) is 37.6 Å². The molecule has 1 fully saturated rings. The van der Waals surface area contributed by atoms with Crippen LogP contribution in [0.1, 0.15) is 44.6 Å². The zero-order chi connectivity index (χ0) is 18.8. The van der Waals surface area contributed by atoms with Crippen molar-refractivity contribution >= 4 is 17.3 Å². The van der Waals surface area contributed by atoms with Crippen molar-refractivity contribution in [3.8, 4) is 0 Å². The fraction of sp³-hybridized carbons (Fsp3) is 0.429. The molecule has 0 amide bonds.